The highest BCUT2D eigenvalue weighted by Gasteiger charge is 2.13. The molecule has 0 amide bonds. The molecule has 8 rings (SSSR count). The van der Waals surface area contributed by atoms with Gasteiger partial charge < -0.3 is 26.6 Å². The predicted molar refractivity (Wildman–Crippen MR) is 223 cm³/mol. The van der Waals surface area contributed by atoms with Crippen molar-refractivity contribution in [3.63, 3.8) is 0 Å². The summed E-state index contributed by atoms with van der Waals surface area (Å²) in [5, 5.41) is 34.7. The van der Waals surface area contributed by atoms with E-state index in [1.54, 1.807) is 6.07 Å². The molecule has 52 heavy (non-hydrogen) atoms. The van der Waals surface area contributed by atoms with Gasteiger partial charge in [-0.05, 0) is 66.3 Å². The molecule has 6 aromatic carbocycles. The zero-order valence-electron chi connectivity index (χ0n) is 30.6. The molecule has 0 unspecified atom stereocenters. The van der Waals surface area contributed by atoms with Crippen LogP contribution < -0.4 is 26.6 Å². The van der Waals surface area contributed by atoms with Crippen LogP contribution in [0.15, 0.2) is 109 Å². The lowest BCUT2D eigenvalue weighted by Gasteiger charge is -2.23. The Morgan fingerprint density at radius 3 is 1.12 bits per heavy atom. The van der Waals surface area contributed by atoms with E-state index >= 15 is 0 Å². The maximum atomic E-state index is 7.32. The number of nitrogens with zero attached hydrogens (tertiary/aromatic N) is 2. The molecular weight excluding hydrogens is 662 g/mol. The Morgan fingerprint density at radius 2 is 0.788 bits per heavy atom. The minimum absolute atomic E-state index is 0.557. The lowest BCUT2D eigenvalue weighted by atomic mass is 9.96. The van der Waals surface area contributed by atoms with Crippen LogP contribution >= 0.6 is 11.6 Å². The van der Waals surface area contributed by atoms with E-state index in [0.29, 0.717) is 5.88 Å². The van der Waals surface area contributed by atoms with Gasteiger partial charge in [-0.25, -0.2) is 0 Å². The predicted octanol–water partition coefficient (Wildman–Crippen LogP) is 7.02. The van der Waals surface area contributed by atoms with E-state index in [-0.39, 0.29) is 0 Å². The summed E-state index contributed by atoms with van der Waals surface area (Å²) in [5.41, 5.74) is 2.69. The molecular formula is C44H54ClN7. The fourth-order valence-corrected chi connectivity index (χ4v) is 7.12. The van der Waals surface area contributed by atoms with Crippen LogP contribution in [-0.4, -0.2) is 83.4 Å². The summed E-state index contributed by atoms with van der Waals surface area (Å²) in [7, 11) is 0. The monoisotopic (exact) mass is 715 g/mol. The van der Waals surface area contributed by atoms with Crippen molar-refractivity contribution in [2.45, 2.75) is 19.3 Å². The highest BCUT2D eigenvalue weighted by atomic mass is 35.5. The highest BCUT2D eigenvalue weighted by Crippen LogP contribution is 2.30. The van der Waals surface area contributed by atoms with Crippen LogP contribution in [0.2, 0.25) is 0 Å². The molecule has 6 aromatic rings. The molecule has 7 nitrogen and oxygen atoms in total. The first kappa shape index (κ1) is 39.1. The van der Waals surface area contributed by atoms with Crippen molar-refractivity contribution < 1.29 is 0 Å². The Balaban J connectivity index is 0.000000160. The zero-order valence-corrected chi connectivity index (χ0v) is 31.3. The molecule has 2 aliphatic rings. The third-order valence-corrected chi connectivity index (χ3v) is 9.67. The summed E-state index contributed by atoms with van der Waals surface area (Å²) in [6.45, 7) is 15.5. The average Bonchev–Trinajstić information content (AvgIpc) is 3.43. The topological polar surface area (TPSA) is 87.2 Å². The molecule has 8 heteroatoms. The zero-order chi connectivity index (χ0) is 36.2. The third kappa shape index (κ3) is 11.4. The molecule has 2 aliphatic heterocycles. The van der Waals surface area contributed by atoms with Crippen LogP contribution in [-0.2, 0) is 12.4 Å². The number of fused-ring (bicyclic) bond motifs is 4. The van der Waals surface area contributed by atoms with E-state index in [4.69, 9.17) is 16.9 Å². The average molecular weight is 716 g/mol. The van der Waals surface area contributed by atoms with Gasteiger partial charge in [0.05, 0.1) is 6.07 Å². The maximum Gasteiger partial charge on any atom is 0.0587 e. The summed E-state index contributed by atoms with van der Waals surface area (Å²) >= 11 is 6.08. The van der Waals surface area contributed by atoms with Gasteiger partial charge in [0.25, 0.3) is 0 Å². The Bertz CT molecular complexity index is 1860. The van der Waals surface area contributed by atoms with Crippen molar-refractivity contribution in [3.05, 3.63) is 120 Å². The molecule has 0 spiro atoms. The molecule has 0 aromatic heterocycles. The minimum Gasteiger partial charge on any atom is -0.314 e. The van der Waals surface area contributed by atoms with Gasteiger partial charge in [0.2, 0.25) is 0 Å². The van der Waals surface area contributed by atoms with Gasteiger partial charge in [-0.2, -0.15) is 5.26 Å². The van der Waals surface area contributed by atoms with Gasteiger partial charge in [-0.3, -0.25) is 4.90 Å². The van der Waals surface area contributed by atoms with Gasteiger partial charge in [0.15, 0.2) is 0 Å². The summed E-state index contributed by atoms with van der Waals surface area (Å²) < 4.78 is 0. The molecule has 0 atom stereocenters. The molecule has 0 bridgehead atoms. The quantitative estimate of drug-likeness (QED) is 0.0995. The Labute approximate surface area is 314 Å². The van der Waals surface area contributed by atoms with Gasteiger partial charge in [0, 0.05) is 97.9 Å². The second-order valence-corrected chi connectivity index (χ2v) is 13.2. The molecule has 2 saturated heterocycles. The normalized spacial score (nSPS) is 15.8. The first-order valence-electron chi connectivity index (χ1n) is 18.6. The second-order valence-electron chi connectivity index (χ2n) is 13.0. The Hall–Kier alpha value is -4.10. The number of halogens is 1. The maximum absolute atomic E-state index is 7.32. The molecule has 5 N–H and O–H groups in total. The van der Waals surface area contributed by atoms with Crippen LogP contribution in [0.4, 0.5) is 0 Å². The SMILES string of the molecule is C1CNCCNCCN1.CC#N.ClCc1c2ccccc2cc2ccccc12.c1ccc2c(CN3CCNCCNCC3)c3ccccc3cc2c1. The summed E-state index contributed by atoms with van der Waals surface area (Å²) in [6, 6.07) is 40.7. The number of alkyl halides is 1. The van der Waals surface area contributed by atoms with Gasteiger partial charge >= 0.3 is 0 Å². The van der Waals surface area contributed by atoms with Gasteiger partial charge in [-0.15, -0.1) is 11.6 Å². The minimum atomic E-state index is 0.557. The van der Waals surface area contributed by atoms with E-state index in [2.05, 4.69) is 141 Å². The fourth-order valence-electron chi connectivity index (χ4n) is 6.83. The van der Waals surface area contributed by atoms with Crippen LogP contribution in [0.1, 0.15) is 18.1 Å². The van der Waals surface area contributed by atoms with Crippen molar-refractivity contribution in [3.8, 4) is 6.07 Å². The first-order chi connectivity index (χ1) is 25.7. The molecule has 2 heterocycles. The molecule has 0 aliphatic carbocycles. The van der Waals surface area contributed by atoms with Crippen LogP contribution in [0.5, 0.6) is 0 Å². The smallest absolute Gasteiger partial charge is 0.0587 e. The van der Waals surface area contributed by atoms with E-state index in [1.165, 1.54) is 61.1 Å². The molecule has 0 radical (unpaired) electrons. The Kier molecular flexibility index (Phi) is 16.6. The Morgan fingerprint density at radius 1 is 0.500 bits per heavy atom. The second kappa shape index (κ2) is 22.1. The standard InChI is InChI=1S/C21H25N3.C15H11Cl.C6H15N3.C2H3N/c1-3-7-19-17(5-1)15-18-6-2-4-8-20(18)21(19)16-24-13-11-22-9-10-23-12-14-24;16-10-15-13-7-3-1-5-11(13)9-12-6-2-4-8-14(12)15;1-2-8-5-6-9-4-3-7-1;1-2-3/h1-8,15,22-23H,9-14,16H2;1-9H,10H2;7-9H,1-6H2;1H3. The highest BCUT2D eigenvalue weighted by molar-refractivity contribution is 6.20. The summed E-state index contributed by atoms with van der Waals surface area (Å²) in [4.78, 5) is 2.57. The van der Waals surface area contributed by atoms with E-state index in [1.807, 2.05) is 0 Å². The number of nitriles is 1. The number of rotatable bonds is 3. The van der Waals surface area contributed by atoms with E-state index in [0.717, 1.165) is 85.1 Å². The van der Waals surface area contributed by atoms with Crippen molar-refractivity contribution in [1.29, 1.82) is 5.26 Å². The van der Waals surface area contributed by atoms with Crippen molar-refractivity contribution in [1.82, 2.24) is 31.5 Å². The van der Waals surface area contributed by atoms with Crippen molar-refractivity contribution >= 4 is 54.7 Å². The van der Waals surface area contributed by atoms with E-state index in [9.17, 15) is 0 Å². The first-order valence-corrected chi connectivity index (χ1v) is 19.2. The number of benzene rings is 6. The van der Waals surface area contributed by atoms with Gasteiger partial charge in [0.1, 0.15) is 0 Å². The number of hydrogen-bond acceptors (Lipinski definition) is 7. The van der Waals surface area contributed by atoms with Crippen molar-refractivity contribution in [2.24, 2.45) is 0 Å². The largest absolute Gasteiger partial charge is 0.314 e. The lowest BCUT2D eigenvalue weighted by molar-refractivity contribution is 0.274. The van der Waals surface area contributed by atoms with Crippen molar-refractivity contribution in [2.75, 3.05) is 78.5 Å². The molecule has 2 fully saturated rings. The lowest BCUT2D eigenvalue weighted by Crippen LogP contribution is -2.33. The fraction of sp³-hybridized carbons (Fsp3) is 0.341. The number of hydrogen-bond donors (Lipinski definition) is 5. The summed E-state index contributed by atoms with van der Waals surface area (Å²) in [6.07, 6.45) is 0. The van der Waals surface area contributed by atoms with Crippen LogP contribution in [0, 0.1) is 11.3 Å². The van der Waals surface area contributed by atoms with E-state index < -0.39 is 0 Å². The summed E-state index contributed by atoms with van der Waals surface area (Å²) in [5.74, 6) is 0.557. The van der Waals surface area contributed by atoms with Crippen LogP contribution in [0.3, 0.4) is 0 Å². The third-order valence-electron chi connectivity index (χ3n) is 9.40. The number of nitrogens with one attached hydrogen (secondary N) is 5. The van der Waals surface area contributed by atoms with Gasteiger partial charge in [-0.1, -0.05) is 97.1 Å². The molecule has 0 saturated carbocycles. The molecule has 272 valence electrons. The van der Waals surface area contributed by atoms with Crippen LogP contribution in [0.25, 0.3) is 43.1 Å².